The van der Waals surface area contributed by atoms with Crippen LogP contribution < -0.4 is 16.8 Å². The maximum absolute atomic E-state index is 5.53. The van der Waals surface area contributed by atoms with Crippen LogP contribution in [-0.4, -0.2) is 25.1 Å². The first kappa shape index (κ1) is 14.5. The summed E-state index contributed by atoms with van der Waals surface area (Å²) in [6.45, 7) is 0. The molecule has 0 aliphatic carbocycles. The van der Waals surface area contributed by atoms with Gasteiger partial charge in [0, 0.05) is 5.69 Å². The molecule has 0 aliphatic heterocycles. The maximum atomic E-state index is 5.53. The Morgan fingerprint density at radius 3 is 2.45 bits per heavy atom. The van der Waals surface area contributed by atoms with Gasteiger partial charge in [-0.15, -0.1) is 10.2 Å². The highest BCUT2D eigenvalue weighted by Gasteiger charge is 2.08. The molecule has 0 fully saturated rings. The molecule has 0 aliphatic rings. The summed E-state index contributed by atoms with van der Waals surface area (Å²) in [6.07, 6.45) is 0. The van der Waals surface area contributed by atoms with Crippen LogP contribution in [0.4, 0.5) is 22.7 Å². The van der Waals surface area contributed by atoms with Crippen LogP contribution in [0.3, 0.4) is 0 Å². The van der Waals surface area contributed by atoms with Crippen molar-refractivity contribution in [3.8, 4) is 0 Å². The highest BCUT2D eigenvalue weighted by atomic mass is 32.2. The van der Waals surface area contributed by atoms with Crippen LogP contribution in [0.15, 0.2) is 34.7 Å². The van der Waals surface area contributed by atoms with Gasteiger partial charge in [-0.3, -0.25) is 0 Å². The molecule has 0 spiro atoms. The van der Waals surface area contributed by atoms with Crippen LogP contribution in [0.25, 0.3) is 0 Å². The number of aromatic nitrogens is 5. The van der Waals surface area contributed by atoms with E-state index in [2.05, 4.69) is 30.5 Å². The molecule has 3 rings (SSSR count). The van der Waals surface area contributed by atoms with Crippen LogP contribution in [-0.2, 0) is 5.75 Å². The van der Waals surface area contributed by atoms with Gasteiger partial charge < -0.3 is 16.8 Å². The lowest BCUT2D eigenvalue weighted by Crippen LogP contribution is -2.05. The van der Waals surface area contributed by atoms with E-state index in [4.69, 9.17) is 11.5 Å². The smallest absolute Gasteiger partial charge is 0.225 e. The lowest BCUT2D eigenvalue weighted by atomic mass is 10.3. The van der Waals surface area contributed by atoms with E-state index in [1.54, 1.807) is 0 Å². The van der Waals surface area contributed by atoms with Gasteiger partial charge in [-0.25, -0.2) is 0 Å². The molecular weight excluding hydrogens is 320 g/mol. The van der Waals surface area contributed by atoms with Gasteiger partial charge >= 0.3 is 0 Å². The summed E-state index contributed by atoms with van der Waals surface area (Å²) in [6, 6.07) is 9.79. The first-order valence-electron chi connectivity index (χ1n) is 6.23. The van der Waals surface area contributed by atoms with Crippen LogP contribution in [0.5, 0.6) is 0 Å². The molecule has 0 radical (unpaired) electrons. The fraction of sp³-hybridized carbons (Fsp3) is 0.0833. The van der Waals surface area contributed by atoms with Crippen molar-refractivity contribution in [1.82, 2.24) is 25.1 Å². The highest BCUT2D eigenvalue weighted by molar-refractivity contribution is 8.00. The second-order valence-electron chi connectivity index (χ2n) is 4.12. The summed E-state index contributed by atoms with van der Waals surface area (Å²) in [5, 5.41) is 12.1. The number of anilines is 4. The van der Waals surface area contributed by atoms with E-state index in [1.165, 1.54) is 23.1 Å². The monoisotopic (exact) mass is 332 g/mol. The summed E-state index contributed by atoms with van der Waals surface area (Å²) < 4.78 is 0.802. The molecule has 0 unspecified atom stereocenters. The van der Waals surface area contributed by atoms with E-state index in [0.717, 1.165) is 15.2 Å². The number of thioether (sulfide) groups is 1. The molecule has 5 N–H and O–H groups in total. The first-order chi connectivity index (χ1) is 10.7. The normalized spacial score (nSPS) is 10.5. The Kier molecular flexibility index (Phi) is 4.30. The minimum absolute atomic E-state index is 0.117. The quantitative estimate of drug-likeness (QED) is 0.600. The van der Waals surface area contributed by atoms with Crippen molar-refractivity contribution >= 4 is 45.8 Å². The molecular formula is C12H12N8S2. The van der Waals surface area contributed by atoms with Gasteiger partial charge in [0.15, 0.2) is 4.34 Å². The zero-order chi connectivity index (χ0) is 15.4. The van der Waals surface area contributed by atoms with Gasteiger partial charge in [0.2, 0.25) is 17.0 Å². The lowest BCUT2D eigenvalue weighted by molar-refractivity contribution is 0.980. The average Bonchev–Trinajstić information content (AvgIpc) is 2.93. The Hall–Kier alpha value is -2.46. The fourth-order valence-electron chi connectivity index (χ4n) is 1.61. The minimum atomic E-state index is 0.117. The number of nitrogens with zero attached hydrogens (tertiary/aromatic N) is 5. The molecule has 1 aromatic carbocycles. The summed E-state index contributed by atoms with van der Waals surface area (Å²) in [4.78, 5) is 11.8. The number of hydrogen-bond acceptors (Lipinski definition) is 10. The van der Waals surface area contributed by atoms with E-state index in [9.17, 15) is 0 Å². The van der Waals surface area contributed by atoms with Crippen molar-refractivity contribution in [2.24, 2.45) is 0 Å². The Morgan fingerprint density at radius 1 is 1.00 bits per heavy atom. The SMILES string of the molecule is Nc1nc(N)nc(CSc2nnc(Nc3ccccc3)s2)n1. The van der Waals surface area contributed by atoms with Crippen molar-refractivity contribution in [3.63, 3.8) is 0 Å². The van der Waals surface area contributed by atoms with Crippen molar-refractivity contribution in [1.29, 1.82) is 0 Å². The molecule has 0 saturated carbocycles. The lowest BCUT2D eigenvalue weighted by Gasteiger charge is -2.00. The summed E-state index contributed by atoms with van der Waals surface area (Å²) >= 11 is 2.91. The molecule has 0 bridgehead atoms. The zero-order valence-electron chi connectivity index (χ0n) is 11.3. The molecule has 0 atom stereocenters. The Bertz CT molecular complexity index is 741. The Balaban J connectivity index is 1.62. The van der Waals surface area contributed by atoms with E-state index in [-0.39, 0.29) is 11.9 Å². The maximum Gasteiger partial charge on any atom is 0.225 e. The molecule has 2 heterocycles. The second-order valence-corrected chi connectivity index (χ2v) is 6.32. The van der Waals surface area contributed by atoms with Crippen LogP contribution >= 0.6 is 23.1 Å². The van der Waals surface area contributed by atoms with Gasteiger partial charge in [-0.05, 0) is 12.1 Å². The number of hydrogen-bond donors (Lipinski definition) is 3. The molecule has 112 valence electrons. The largest absolute Gasteiger partial charge is 0.368 e. The van der Waals surface area contributed by atoms with E-state index < -0.39 is 0 Å². The fourth-order valence-corrected chi connectivity index (χ4v) is 3.24. The third-order valence-electron chi connectivity index (χ3n) is 2.47. The Labute approximate surface area is 134 Å². The predicted molar refractivity (Wildman–Crippen MR) is 87.8 cm³/mol. The second kappa shape index (κ2) is 6.54. The molecule has 8 nitrogen and oxygen atoms in total. The molecule has 10 heteroatoms. The standard InChI is InChI=1S/C12H12N8S2/c13-9-16-8(17-10(14)18-9)6-21-12-20-19-11(22-12)15-7-4-2-1-3-5-7/h1-5H,6H2,(H,15,19)(H4,13,14,16,17,18). The summed E-state index contributed by atoms with van der Waals surface area (Å²) in [5.41, 5.74) is 12.0. The van der Waals surface area contributed by atoms with Crippen LogP contribution in [0, 0.1) is 0 Å². The number of para-hydroxylation sites is 1. The molecule has 22 heavy (non-hydrogen) atoms. The third kappa shape index (κ3) is 3.80. The van der Waals surface area contributed by atoms with Gasteiger partial charge in [0.25, 0.3) is 0 Å². The number of benzene rings is 1. The van der Waals surface area contributed by atoms with Crippen LogP contribution in [0.1, 0.15) is 5.82 Å². The number of nitrogens with one attached hydrogen (secondary N) is 1. The number of nitrogen functional groups attached to an aromatic ring is 2. The van der Waals surface area contributed by atoms with Crippen molar-refractivity contribution in [3.05, 3.63) is 36.2 Å². The third-order valence-corrected chi connectivity index (χ3v) is 4.44. The van der Waals surface area contributed by atoms with Gasteiger partial charge in [-0.2, -0.15) is 15.0 Å². The van der Waals surface area contributed by atoms with Crippen molar-refractivity contribution < 1.29 is 0 Å². The number of nitrogens with two attached hydrogens (primary N) is 2. The number of rotatable bonds is 5. The van der Waals surface area contributed by atoms with Crippen molar-refractivity contribution in [2.45, 2.75) is 10.1 Å². The predicted octanol–water partition coefficient (Wildman–Crippen LogP) is 1.92. The van der Waals surface area contributed by atoms with Gasteiger partial charge in [-0.1, -0.05) is 41.3 Å². The van der Waals surface area contributed by atoms with Crippen LogP contribution in [0.2, 0.25) is 0 Å². The minimum Gasteiger partial charge on any atom is -0.368 e. The van der Waals surface area contributed by atoms with Gasteiger partial charge in [0.05, 0.1) is 5.75 Å². The highest BCUT2D eigenvalue weighted by Crippen LogP contribution is 2.29. The molecule has 2 aromatic heterocycles. The van der Waals surface area contributed by atoms with E-state index >= 15 is 0 Å². The first-order valence-corrected chi connectivity index (χ1v) is 8.03. The summed E-state index contributed by atoms with van der Waals surface area (Å²) in [5.74, 6) is 1.25. The Morgan fingerprint density at radius 2 is 1.73 bits per heavy atom. The average molecular weight is 332 g/mol. The van der Waals surface area contributed by atoms with E-state index in [1.807, 2.05) is 30.3 Å². The topological polar surface area (TPSA) is 129 Å². The molecule has 0 saturated heterocycles. The molecule has 0 amide bonds. The zero-order valence-corrected chi connectivity index (χ0v) is 12.9. The summed E-state index contributed by atoms with van der Waals surface area (Å²) in [7, 11) is 0. The van der Waals surface area contributed by atoms with Gasteiger partial charge in [0.1, 0.15) is 5.82 Å². The molecule has 3 aromatic rings. The van der Waals surface area contributed by atoms with E-state index in [0.29, 0.717) is 11.6 Å². The van der Waals surface area contributed by atoms with Crippen molar-refractivity contribution in [2.75, 3.05) is 16.8 Å².